The maximum Gasteiger partial charge on any atom is 0.278 e. The molecule has 0 saturated carbocycles. The lowest BCUT2D eigenvalue weighted by molar-refractivity contribution is 0.686. The largest absolute Gasteiger partial charge is 0.311 e. The van der Waals surface area contributed by atoms with Gasteiger partial charge in [0, 0.05) is 6.26 Å². The van der Waals surface area contributed by atoms with E-state index in [1.165, 1.54) is 23.9 Å². The Morgan fingerprint density at radius 3 is 3.00 bits per heavy atom. The zero-order valence-electron chi connectivity index (χ0n) is 6.60. The van der Waals surface area contributed by atoms with Gasteiger partial charge in [0.05, 0.1) is 17.1 Å². The smallest absolute Gasteiger partial charge is 0.278 e. The van der Waals surface area contributed by atoms with Crippen molar-refractivity contribution in [3.8, 4) is 0 Å². The molecule has 1 N–H and O–H groups in total. The van der Waals surface area contributed by atoms with Gasteiger partial charge in [-0.05, 0) is 0 Å². The van der Waals surface area contributed by atoms with Crippen LogP contribution in [-0.4, -0.2) is 25.4 Å². The molecule has 5 nitrogen and oxygen atoms in total. The number of hydrogen-bond acceptors (Lipinski definition) is 5. The molecule has 0 spiro atoms. The second-order valence-electron chi connectivity index (χ2n) is 2.32. The molecule has 0 aliphatic rings. The van der Waals surface area contributed by atoms with Gasteiger partial charge >= 0.3 is 0 Å². The third-order valence-corrected chi connectivity index (χ3v) is 3.72. The minimum atomic E-state index is -1.16. The van der Waals surface area contributed by atoms with E-state index in [4.69, 9.17) is 0 Å². The van der Waals surface area contributed by atoms with Crippen LogP contribution in [0.3, 0.4) is 0 Å². The van der Waals surface area contributed by atoms with Gasteiger partial charge in [0.15, 0.2) is 14.7 Å². The van der Waals surface area contributed by atoms with Gasteiger partial charge in [-0.1, -0.05) is 11.3 Å². The first-order valence-corrected chi connectivity index (χ1v) is 5.73. The van der Waals surface area contributed by atoms with Crippen molar-refractivity contribution in [1.29, 1.82) is 0 Å². The number of nitrogens with one attached hydrogen (secondary N) is 1. The van der Waals surface area contributed by atoms with Crippen molar-refractivity contribution in [3.63, 3.8) is 0 Å². The van der Waals surface area contributed by atoms with Gasteiger partial charge in [-0.2, -0.15) is 0 Å². The molecule has 0 fully saturated rings. The van der Waals surface area contributed by atoms with Crippen LogP contribution >= 0.6 is 11.3 Å². The van der Waals surface area contributed by atoms with E-state index in [1.807, 2.05) is 0 Å². The molecule has 0 aromatic carbocycles. The van der Waals surface area contributed by atoms with Crippen LogP contribution in [0.25, 0.3) is 10.3 Å². The van der Waals surface area contributed by atoms with Crippen LogP contribution in [0.5, 0.6) is 0 Å². The SMILES string of the molecule is CS(=O)c1nc2c(=O)[nH]cnc2s1. The standard InChI is InChI=1S/C6H5N3O2S2/c1-13(11)6-9-3-4(10)7-2-8-5(3)12-6/h2H,1H3,(H,7,8,10). The van der Waals surface area contributed by atoms with Crippen LogP contribution in [0.15, 0.2) is 15.5 Å². The fraction of sp³-hybridized carbons (Fsp3) is 0.167. The Morgan fingerprint density at radius 1 is 1.62 bits per heavy atom. The lowest BCUT2D eigenvalue weighted by Crippen LogP contribution is -2.05. The second-order valence-corrected chi connectivity index (χ2v) is 4.85. The zero-order valence-corrected chi connectivity index (χ0v) is 8.24. The van der Waals surface area contributed by atoms with Crippen molar-refractivity contribution in [1.82, 2.24) is 15.0 Å². The molecule has 2 aromatic heterocycles. The van der Waals surface area contributed by atoms with Crippen LogP contribution < -0.4 is 5.56 Å². The summed E-state index contributed by atoms with van der Waals surface area (Å²) in [6, 6.07) is 0. The highest BCUT2D eigenvalue weighted by Gasteiger charge is 2.09. The summed E-state index contributed by atoms with van der Waals surface area (Å²) >= 11 is 1.18. The van der Waals surface area contributed by atoms with Gasteiger partial charge < -0.3 is 4.98 Å². The van der Waals surface area contributed by atoms with Gasteiger partial charge in [0.25, 0.3) is 5.56 Å². The Balaban J connectivity index is 2.83. The van der Waals surface area contributed by atoms with Crippen molar-refractivity contribution in [2.75, 3.05) is 6.26 Å². The Bertz CT molecular complexity index is 530. The number of rotatable bonds is 1. The van der Waals surface area contributed by atoms with E-state index < -0.39 is 10.8 Å². The maximum atomic E-state index is 11.2. The van der Waals surface area contributed by atoms with E-state index in [0.29, 0.717) is 9.17 Å². The van der Waals surface area contributed by atoms with Crippen LogP contribution in [0.1, 0.15) is 0 Å². The van der Waals surface area contributed by atoms with Crippen molar-refractivity contribution in [2.45, 2.75) is 4.34 Å². The minimum Gasteiger partial charge on any atom is -0.311 e. The van der Waals surface area contributed by atoms with E-state index in [-0.39, 0.29) is 11.1 Å². The molecule has 2 heterocycles. The third kappa shape index (κ3) is 1.40. The molecule has 0 aliphatic heterocycles. The Morgan fingerprint density at radius 2 is 2.38 bits per heavy atom. The summed E-state index contributed by atoms with van der Waals surface area (Å²) in [5.41, 5.74) is -0.0318. The molecule has 1 unspecified atom stereocenters. The van der Waals surface area contributed by atoms with Gasteiger partial charge in [-0.15, -0.1) is 0 Å². The van der Waals surface area contributed by atoms with E-state index in [2.05, 4.69) is 15.0 Å². The van der Waals surface area contributed by atoms with E-state index in [1.54, 1.807) is 0 Å². The predicted molar refractivity (Wildman–Crippen MR) is 50.4 cm³/mol. The lowest BCUT2D eigenvalue weighted by Gasteiger charge is -1.81. The fourth-order valence-corrected chi connectivity index (χ4v) is 2.44. The normalized spacial score (nSPS) is 13.3. The molecule has 68 valence electrons. The molecule has 0 bridgehead atoms. The molecule has 1 atom stereocenters. The van der Waals surface area contributed by atoms with Crippen LogP contribution in [0.2, 0.25) is 0 Å². The Kier molecular flexibility index (Phi) is 1.97. The molecule has 2 rings (SSSR count). The summed E-state index contributed by atoms with van der Waals surface area (Å²) in [6.45, 7) is 0. The average Bonchev–Trinajstić information content (AvgIpc) is 2.49. The molecule has 0 radical (unpaired) electrons. The van der Waals surface area contributed by atoms with Crippen LogP contribution in [0.4, 0.5) is 0 Å². The number of hydrogen-bond donors (Lipinski definition) is 1. The van der Waals surface area contributed by atoms with E-state index in [0.717, 1.165) is 0 Å². The summed E-state index contributed by atoms with van der Waals surface area (Å²) in [4.78, 5) is 21.9. The molecule has 13 heavy (non-hydrogen) atoms. The summed E-state index contributed by atoms with van der Waals surface area (Å²) in [5.74, 6) is 0. The highest BCUT2D eigenvalue weighted by atomic mass is 32.2. The first-order valence-electron chi connectivity index (χ1n) is 3.36. The maximum absolute atomic E-state index is 11.2. The Hall–Kier alpha value is -1.08. The number of thiazole rings is 1. The minimum absolute atomic E-state index is 0.262. The molecule has 2 aromatic rings. The number of aromatic nitrogens is 3. The molecule has 0 saturated heterocycles. The van der Waals surface area contributed by atoms with E-state index in [9.17, 15) is 9.00 Å². The summed E-state index contributed by atoms with van der Waals surface area (Å²) in [5, 5.41) is 0. The topological polar surface area (TPSA) is 75.7 Å². The summed E-state index contributed by atoms with van der Waals surface area (Å²) in [6.07, 6.45) is 2.83. The highest BCUT2D eigenvalue weighted by Crippen LogP contribution is 2.18. The van der Waals surface area contributed by atoms with E-state index >= 15 is 0 Å². The molecule has 0 amide bonds. The van der Waals surface area contributed by atoms with Gasteiger partial charge in [-0.3, -0.25) is 9.00 Å². The number of aromatic amines is 1. The summed E-state index contributed by atoms with van der Waals surface area (Å²) < 4.78 is 11.5. The monoisotopic (exact) mass is 215 g/mol. The van der Waals surface area contributed by atoms with Crippen molar-refractivity contribution in [3.05, 3.63) is 16.7 Å². The van der Waals surface area contributed by atoms with Crippen molar-refractivity contribution in [2.24, 2.45) is 0 Å². The van der Waals surface area contributed by atoms with Gasteiger partial charge in [-0.25, -0.2) is 9.97 Å². The first kappa shape index (κ1) is 8.52. The number of nitrogens with zero attached hydrogens (tertiary/aromatic N) is 2. The fourth-order valence-electron chi connectivity index (χ4n) is 0.869. The first-order chi connectivity index (χ1) is 6.18. The number of fused-ring (bicyclic) bond motifs is 1. The van der Waals surface area contributed by atoms with Crippen molar-refractivity contribution >= 4 is 32.5 Å². The lowest BCUT2D eigenvalue weighted by atomic mass is 10.6. The molecule has 0 aliphatic carbocycles. The van der Waals surface area contributed by atoms with Crippen LogP contribution in [0, 0.1) is 0 Å². The van der Waals surface area contributed by atoms with Gasteiger partial charge in [0.1, 0.15) is 0 Å². The highest BCUT2D eigenvalue weighted by molar-refractivity contribution is 7.86. The quantitative estimate of drug-likeness (QED) is 0.733. The third-order valence-electron chi connectivity index (χ3n) is 1.43. The van der Waals surface area contributed by atoms with Crippen LogP contribution in [-0.2, 0) is 10.8 Å². The predicted octanol–water partition coefficient (Wildman–Crippen LogP) is 0.117. The zero-order chi connectivity index (χ0) is 9.42. The molecular weight excluding hydrogens is 210 g/mol. The molecular formula is C6H5N3O2S2. The average molecular weight is 215 g/mol. The molecule has 7 heteroatoms. The summed E-state index contributed by atoms with van der Waals surface area (Å²) in [7, 11) is -1.16. The van der Waals surface area contributed by atoms with Gasteiger partial charge in [0.2, 0.25) is 0 Å². The number of H-pyrrole nitrogens is 1. The van der Waals surface area contributed by atoms with Crippen molar-refractivity contribution < 1.29 is 4.21 Å². The second kappa shape index (κ2) is 3.00. The Labute approximate surface area is 79.3 Å².